The summed E-state index contributed by atoms with van der Waals surface area (Å²) in [4.78, 5) is 18.7. The van der Waals surface area contributed by atoms with Crippen molar-refractivity contribution in [1.82, 2.24) is 24.3 Å². The normalized spacial score (nSPS) is 11.7. The van der Waals surface area contributed by atoms with Gasteiger partial charge >= 0.3 is 0 Å². The fraction of sp³-hybridized carbons (Fsp3) is 0.250. The third kappa shape index (κ3) is 3.03. The van der Waals surface area contributed by atoms with Gasteiger partial charge in [0, 0.05) is 29.4 Å². The van der Waals surface area contributed by atoms with E-state index in [9.17, 15) is 0 Å². The number of imidazole rings is 1. The minimum absolute atomic E-state index is 0.757. The Balaban J connectivity index is 1.50. The number of benzene rings is 1. The molecular formula is C24H23N5. The molecule has 4 heterocycles. The van der Waals surface area contributed by atoms with Gasteiger partial charge in [0.1, 0.15) is 17.0 Å². The van der Waals surface area contributed by atoms with Crippen LogP contribution in [0.2, 0.25) is 0 Å². The second-order valence-corrected chi connectivity index (χ2v) is 7.53. The van der Waals surface area contributed by atoms with Gasteiger partial charge in [-0.1, -0.05) is 25.1 Å². The van der Waals surface area contributed by atoms with E-state index in [1.54, 1.807) is 0 Å². The van der Waals surface area contributed by atoms with Crippen molar-refractivity contribution in [2.45, 2.75) is 40.0 Å². The zero-order valence-electron chi connectivity index (χ0n) is 17.0. The molecule has 5 rings (SSSR count). The number of hydrogen-bond acceptors (Lipinski definition) is 4. The molecule has 0 bridgehead atoms. The van der Waals surface area contributed by atoms with Crippen molar-refractivity contribution >= 4 is 27.5 Å². The Bertz CT molecular complexity index is 1370. The second-order valence-electron chi connectivity index (χ2n) is 7.53. The van der Waals surface area contributed by atoms with Gasteiger partial charge in [0.05, 0.1) is 17.4 Å². The minimum Gasteiger partial charge on any atom is -0.304 e. The molecule has 0 spiro atoms. The molecule has 0 aliphatic heterocycles. The lowest BCUT2D eigenvalue weighted by atomic mass is 10.0. The van der Waals surface area contributed by atoms with Crippen LogP contribution in [0, 0.1) is 13.8 Å². The topological polar surface area (TPSA) is 56.0 Å². The molecule has 4 aromatic heterocycles. The monoisotopic (exact) mass is 381 g/mol. The summed E-state index contributed by atoms with van der Waals surface area (Å²) in [6.07, 6.45) is 6.55. The predicted octanol–water partition coefficient (Wildman–Crippen LogP) is 4.79. The highest BCUT2D eigenvalue weighted by Gasteiger charge is 2.13. The Hall–Kier alpha value is -3.34. The third-order valence-electron chi connectivity index (χ3n) is 5.67. The Kier molecular flexibility index (Phi) is 4.23. The first-order chi connectivity index (χ1) is 14.1. The van der Waals surface area contributed by atoms with Crippen LogP contribution in [0.5, 0.6) is 0 Å². The predicted molar refractivity (Wildman–Crippen MR) is 116 cm³/mol. The molecule has 0 N–H and O–H groups in total. The van der Waals surface area contributed by atoms with Crippen LogP contribution in [-0.2, 0) is 19.3 Å². The molecule has 29 heavy (non-hydrogen) atoms. The molecule has 5 nitrogen and oxygen atoms in total. The molecule has 0 saturated heterocycles. The summed E-state index contributed by atoms with van der Waals surface area (Å²) in [6.45, 7) is 6.31. The molecule has 1 aromatic carbocycles. The van der Waals surface area contributed by atoms with Gasteiger partial charge in [-0.15, -0.1) is 0 Å². The SMILES string of the molecule is CCc1cccc2c1ccn1c(C)c(CCc3ncc4nc(C)ccc4n3)nc21. The van der Waals surface area contributed by atoms with Gasteiger partial charge in [-0.25, -0.2) is 19.9 Å². The van der Waals surface area contributed by atoms with Crippen LogP contribution in [-0.4, -0.2) is 24.3 Å². The summed E-state index contributed by atoms with van der Waals surface area (Å²) < 4.78 is 2.20. The average Bonchev–Trinajstić information content (AvgIpc) is 3.07. The van der Waals surface area contributed by atoms with E-state index in [2.05, 4.69) is 63.7 Å². The van der Waals surface area contributed by atoms with Gasteiger partial charge in [-0.3, -0.25) is 0 Å². The maximum Gasteiger partial charge on any atom is 0.145 e. The lowest BCUT2D eigenvalue weighted by molar-refractivity contribution is 0.842. The van der Waals surface area contributed by atoms with Crippen LogP contribution in [0.4, 0.5) is 0 Å². The van der Waals surface area contributed by atoms with E-state index in [0.29, 0.717) is 0 Å². The van der Waals surface area contributed by atoms with Gasteiger partial charge < -0.3 is 4.40 Å². The van der Waals surface area contributed by atoms with E-state index in [1.165, 1.54) is 22.0 Å². The minimum atomic E-state index is 0.757. The van der Waals surface area contributed by atoms with Crippen molar-refractivity contribution in [3.8, 4) is 0 Å². The zero-order chi connectivity index (χ0) is 20.0. The maximum absolute atomic E-state index is 5.00. The molecule has 0 unspecified atom stereocenters. The molecule has 0 aliphatic carbocycles. The van der Waals surface area contributed by atoms with Crippen LogP contribution < -0.4 is 0 Å². The third-order valence-corrected chi connectivity index (χ3v) is 5.67. The Morgan fingerprint density at radius 3 is 2.62 bits per heavy atom. The summed E-state index contributed by atoms with van der Waals surface area (Å²) in [6, 6.07) is 12.7. The summed E-state index contributed by atoms with van der Waals surface area (Å²) in [7, 11) is 0. The molecule has 5 aromatic rings. The summed E-state index contributed by atoms with van der Waals surface area (Å²) in [5, 5.41) is 2.50. The van der Waals surface area contributed by atoms with Gasteiger partial charge in [0.2, 0.25) is 0 Å². The zero-order valence-corrected chi connectivity index (χ0v) is 17.0. The first-order valence-electron chi connectivity index (χ1n) is 10.1. The Morgan fingerprint density at radius 2 is 1.76 bits per heavy atom. The Labute approximate surface area is 169 Å². The van der Waals surface area contributed by atoms with E-state index in [4.69, 9.17) is 4.98 Å². The van der Waals surface area contributed by atoms with Crippen LogP contribution in [0.3, 0.4) is 0 Å². The highest BCUT2D eigenvalue weighted by molar-refractivity contribution is 5.96. The van der Waals surface area contributed by atoms with Crippen molar-refractivity contribution in [1.29, 1.82) is 0 Å². The van der Waals surface area contributed by atoms with Crippen LogP contribution in [0.25, 0.3) is 27.5 Å². The summed E-state index contributed by atoms with van der Waals surface area (Å²) in [5.74, 6) is 0.831. The smallest absolute Gasteiger partial charge is 0.145 e. The standard InChI is InChI=1S/C24H23N5/c1-4-17-6-5-7-19-18(17)12-13-29-16(3)20(28-24(19)29)10-11-23-25-14-22-21(27-23)9-8-15(2)26-22/h5-9,12-14H,4,10-11H2,1-3H3. The van der Waals surface area contributed by atoms with Crippen molar-refractivity contribution in [3.63, 3.8) is 0 Å². The van der Waals surface area contributed by atoms with Crippen molar-refractivity contribution in [2.24, 2.45) is 0 Å². The van der Waals surface area contributed by atoms with E-state index < -0.39 is 0 Å². The highest BCUT2D eigenvalue weighted by atomic mass is 15.0. The van der Waals surface area contributed by atoms with Crippen LogP contribution in [0.1, 0.15) is 35.4 Å². The van der Waals surface area contributed by atoms with E-state index in [-0.39, 0.29) is 0 Å². The molecule has 0 aliphatic rings. The number of aryl methyl sites for hydroxylation is 5. The van der Waals surface area contributed by atoms with Crippen molar-refractivity contribution in [2.75, 3.05) is 0 Å². The number of nitrogens with zero attached hydrogens (tertiary/aromatic N) is 5. The van der Waals surface area contributed by atoms with Gasteiger partial charge in [-0.2, -0.15) is 0 Å². The summed E-state index contributed by atoms with van der Waals surface area (Å²) in [5.41, 5.74) is 7.39. The molecule has 0 saturated carbocycles. The molecule has 0 fully saturated rings. The number of hydrogen-bond donors (Lipinski definition) is 0. The molecule has 0 atom stereocenters. The molecule has 0 amide bonds. The van der Waals surface area contributed by atoms with Gasteiger partial charge in [-0.05, 0) is 55.8 Å². The molecule has 144 valence electrons. The number of aromatic nitrogens is 5. The largest absolute Gasteiger partial charge is 0.304 e. The van der Waals surface area contributed by atoms with Crippen molar-refractivity contribution < 1.29 is 0 Å². The van der Waals surface area contributed by atoms with E-state index in [0.717, 1.165) is 53.2 Å². The number of pyridine rings is 2. The second kappa shape index (κ2) is 6.92. The fourth-order valence-electron chi connectivity index (χ4n) is 4.05. The lowest BCUT2D eigenvalue weighted by Crippen LogP contribution is -2.00. The highest BCUT2D eigenvalue weighted by Crippen LogP contribution is 2.25. The first-order valence-corrected chi connectivity index (χ1v) is 10.1. The number of rotatable bonds is 4. The average molecular weight is 381 g/mol. The van der Waals surface area contributed by atoms with Gasteiger partial charge in [0.15, 0.2) is 0 Å². The lowest BCUT2D eigenvalue weighted by Gasteiger charge is -2.06. The van der Waals surface area contributed by atoms with Crippen LogP contribution in [0.15, 0.2) is 48.8 Å². The molecule has 0 radical (unpaired) electrons. The first kappa shape index (κ1) is 17.7. The van der Waals surface area contributed by atoms with E-state index in [1.807, 2.05) is 25.3 Å². The van der Waals surface area contributed by atoms with Crippen molar-refractivity contribution in [3.05, 3.63) is 77.3 Å². The fourth-order valence-corrected chi connectivity index (χ4v) is 4.05. The summed E-state index contributed by atoms with van der Waals surface area (Å²) >= 11 is 0. The Morgan fingerprint density at radius 1 is 0.862 bits per heavy atom. The molecule has 5 heteroatoms. The van der Waals surface area contributed by atoms with Crippen LogP contribution >= 0.6 is 0 Å². The van der Waals surface area contributed by atoms with Gasteiger partial charge in [0.25, 0.3) is 0 Å². The number of fused-ring (bicyclic) bond motifs is 4. The van der Waals surface area contributed by atoms with E-state index >= 15 is 0 Å². The quantitative estimate of drug-likeness (QED) is 0.449. The molecular weight excluding hydrogens is 358 g/mol. The maximum atomic E-state index is 5.00.